The Morgan fingerprint density at radius 1 is 0.450 bits per heavy atom. The molecular formula is C66H119NO13. The average Bonchev–Trinajstić information content (AvgIpc) is 3.49. The number of allylic oxidation sites excluding steroid dienone is 9. The van der Waals surface area contributed by atoms with E-state index in [1.807, 2.05) is 6.08 Å². The number of aliphatic hydroxyl groups excluding tert-OH is 8. The molecule has 2 heterocycles. The second kappa shape index (κ2) is 51.1. The maximum absolute atomic E-state index is 13.3. The maximum Gasteiger partial charge on any atom is 0.220 e. The molecule has 12 unspecified atom stereocenters. The van der Waals surface area contributed by atoms with Gasteiger partial charge in [0.15, 0.2) is 12.6 Å². The van der Waals surface area contributed by atoms with Crippen molar-refractivity contribution in [1.29, 1.82) is 0 Å². The average molecular weight is 1130 g/mol. The van der Waals surface area contributed by atoms with E-state index in [9.17, 15) is 45.6 Å². The highest BCUT2D eigenvalue weighted by molar-refractivity contribution is 5.76. The van der Waals surface area contributed by atoms with Crippen molar-refractivity contribution in [2.75, 3.05) is 19.8 Å². The number of unbranched alkanes of at least 4 members (excludes halogenated alkanes) is 31. The molecule has 9 N–H and O–H groups in total. The van der Waals surface area contributed by atoms with Crippen LogP contribution in [0.25, 0.3) is 0 Å². The number of aliphatic hydroxyl groups is 8. The summed E-state index contributed by atoms with van der Waals surface area (Å²) < 4.78 is 22.8. The SMILES string of the molecule is CCCCCCC/C=C\C/C=C\CCCCCCCCCCCCCCCC(=O)NC(COC1OC(CO)C(OC2OC(CO)C(O)C(O)C2O)C(O)C1O)C(O)/C=C/CC/C=C/CC/C=C/CCCCCCCCCCCCC. The number of carbonyl (C=O) groups excluding carboxylic acids is 1. The monoisotopic (exact) mass is 1130 g/mol. The molecule has 2 aliphatic heterocycles. The highest BCUT2D eigenvalue weighted by Gasteiger charge is 2.51. The van der Waals surface area contributed by atoms with Gasteiger partial charge in [-0.2, -0.15) is 0 Å². The van der Waals surface area contributed by atoms with E-state index < -0.39 is 86.8 Å². The van der Waals surface area contributed by atoms with Crippen molar-refractivity contribution >= 4 is 5.91 Å². The van der Waals surface area contributed by atoms with Crippen LogP contribution in [0.1, 0.15) is 258 Å². The van der Waals surface area contributed by atoms with Gasteiger partial charge in [0.1, 0.15) is 48.8 Å². The quantitative estimate of drug-likeness (QED) is 0.0204. The van der Waals surface area contributed by atoms with E-state index >= 15 is 0 Å². The fourth-order valence-corrected chi connectivity index (χ4v) is 10.4. The zero-order chi connectivity index (χ0) is 58.1. The van der Waals surface area contributed by atoms with Gasteiger partial charge in [0, 0.05) is 6.42 Å². The van der Waals surface area contributed by atoms with Crippen molar-refractivity contribution < 1.29 is 64.6 Å². The van der Waals surface area contributed by atoms with Crippen molar-refractivity contribution in [2.24, 2.45) is 0 Å². The van der Waals surface area contributed by atoms with Crippen LogP contribution >= 0.6 is 0 Å². The van der Waals surface area contributed by atoms with Gasteiger partial charge >= 0.3 is 0 Å². The molecule has 2 aliphatic rings. The lowest BCUT2D eigenvalue weighted by atomic mass is 9.97. The molecule has 0 radical (unpaired) electrons. The molecule has 14 nitrogen and oxygen atoms in total. The first kappa shape index (κ1) is 73.8. The zero-order valence-corrected chi connectivity index (χ0v) is 50.3. The molecule has 0 saturated carbocycles. The van der Waals surface area contributed by atoms with E-state index in [2.05, 4.69) is 67.8 Å². The second-order valence-electron chi connectivity index (χ2n) is 22.9. The number of amides is 1. The summed E-state index contributed by atoms with van der Waals surface area (Å²) in [6.45, 7) is 2.78. The summed E-state index contributed by atoms with van der Waals surface area (Å²) in [7, 11) is 0. The molecule has 14 heteroatoms. The third-order valence-corrected chi connectivity index (χ3v) is 15.7. The Morgan fingerprint density at radius 3 is 1.30 bits per heavy atom. The number of hydrogen-bond donors (Lipinski definition) is 9. The van der Waals surface area contributed by atoms with Gasteiger partial charge in [-0.3, -0.25) is 4.79 Å². The van der Waals surface area contributed by atoms with Gasteiger partial charge in [0.05, 0.1) is 32.0 Å². The molecule has 80 heavy (non-hydrogen) atoms. The predicted molar refractivity (Wildman–Crippen MR) is 323 cm³/mol. The summed E-state index contributed by atoms with van der Waals surface area (Å²) in [4.78, 5) is 13.3. The highest BCUT2D eigenvalue weighted by Crippen LogP contribution is 2.30. The lowest BCUT2D eigenvalue weighted by Gasteiger charge is -2.46. The Bertz CT molecular complexity index is 1570. The van der Waals surface area contributed by atoms with Gasteiger partial charge in [0.2, 0.25) is 5.91 Å². The highest BCUT2D eigenvalue weighted by atomic mass is 16.7. The van der Waals surface area contributed by atoms with Gasteiger partial charge in [-0.15, -0.1) is 0 Å². The van der Waals surface area contributed by atoms with Gasteiger partial charge in [-0.05, 0) is 77.0 Å². The first-order chi connectivity index (χ1) is 39.1. The van der Waals surface area contributed by atoms with Crippen molar-refractivity contribution in [3.05, 3.63) is 60.8 Å². The van der Waals surface area contributed by atoms with Gasteiger partial charge in [-0.1, -0.05) is 235 Å². The van der Waals surface area contributed by atoms with Crippen molar-refractivity contribution in [2.45, 2.75) is 331 Å². The van der Waals surface area contributed by atoms with E-state index in [4.69, 9.17) is 18.9 Å². The van der Waals surface area contributed by atoms with Crippen molar-refractivity contribution in [1.82, 2.24) is 5.32 Å². The Kier molecular flexibility index (Phi) is 47.2. The van der Waals surface area contributed by atoms with E-state index in [-0.39, 0.29) is 18.9 Å². The normalized spacial score (nSPS) is 24.6. The number of ether oxygens (including phenoxy) is 4. The van der Waals surface area contributed by atoms with E-state index in [1.54, 1.807) is 6.08 Å². The minimum atomic E-state index is -1.79. The molecule has 2 fully saturated rings. The smallest absolute Gasteiger partial charge is 0.220 e. The third kappa shape index (κ3) is 35.7. The summed E-state index contributed by atoms with van der Waals surface area (Å²) in [5.41, 5.74) is 0. The van der Waals surface area contributed by atoms with Crippen LogP contribution in [0.5, 0.6) is 0 Å². The molecule has 0 aliphatic carbocycles. The third-order valence-electron chi connectivity index (χ3n) is 15.7. The molecule has 0 aromatic heterocycles. The van der Waals surface area contributed by atoms with Crippen LogP contribution in [-0.4, -0.2) is 140 Å². The summed E-state index contributed by atoms with van der Waals surface area (Å²) in [6, 6.07) is -0.941. The molecule has 0 aromatic carbocycles. The van der Waals surface area contributed by atoms with Crippen LogP contribution < -0.4 is 5.32 Å². The molecule has 0 spiro atoms. The van der Waals surface area contributed by atoms with Crippen LogP contribution in [0.2, 0.25) is 0 Å². The van der Waals surface area contributed by atoms with Gasteiger partial charge in [-0.25, -0.2) is 0 Å². The molecule has 1 amide bonds. The lowest BCUT2D eigenvalue weighted by Crippen LogP contribution is -2.65. The Hall–Kier alpha value is -2.31. The number of hydrogen-bond acceptors (Lipinski definition) is 13. The molecule has 2 saturated heterocycles. The molecule has 466 valence electrons. The summed E-state index contributed by atoms with van der Waals surface area (Å²) in [5.74, 6) is -0.254. The zero-order valence-electron chi connectivity index (χ0n) is 50.3. The van der Waals surface area contributed by atoms with E-state index in [0.29, 0.717) is 12.8 Å². The molecular weight excluding hydrogens is 1010 g/mol. The van der Waals surface area contributed by atoms with Crippen LogP contribution in [0.15, 0.2) is 60.8 Å². The largest absolute Gasteiger partial charge is 0.394 e. The summed E-state index contributed by atoms with van der Waals surface area (Å²) in [6.07, 6.45) is 49.8. The molecule has 0 aromatic rings. The minimum Gasteiger partial charge on any atom is -0.394 e. The number of rotatable bonds is 52. The number of nitrogens with one attached hydrogen (secondary N) is 1. The van der Waals surface area contributed by atoms with Crippen LogP contribution in [-0.2, 0) is 23.7 Å². The maximum atomic E-state index is 13.3. The van der Waals surface area contributed by atoms with Crippen LogP contribution in [0, 0.1) is 0 Å². The van der Waals surface area contributed by atoms with Gasteiger partial charge in [0.25, 0.3) is 0 Å². The van der Waals surface area contributed by atoms with Gasteiger partial charge < -0.3 is 65.1 Å². The standard InChI is InChI=1S/C66H119NO13/c1-3-5-7-9-11-13-15-17-19-21-23-25-26-27-28-30-32-34-36-38-40-42-44-46-48-50-58(71)67-54(55(70)49-47-45-43-41-39-37-35-33-31-29-24-22-20-18-16-14-12-10-8-6-4-2)53-77-65-63(76)61(74)64(57(52-69)79-65)80-66-62(75)60(73)59(72)56(51-68)78-66/h15,17,21,23,31,33,39,41,47,49,54-57,59-66,68-70,72-76H,3-14,16,18-20,22,24-30,32,34-38,40,42-46,48,50-53H2,1-2H3,(H,67,71)/b17-15-,23-21-,33-31+,41-39+,49-47+. The fourth-order valence-electron chi connectivity index (χ4n) is 10.4. The Balaban J connectivity index is 1.75. The first-order valence-corrected chi connectivity index (χ1v) is 32.5. The van der Waals surface area contributed by atoms with E-state index in [1.165, 1.54) is 173 Å². The molecule has 12 atom stereocenters. The summed E-state index contributed by atoms with van der Waals surface area (Å²) >= 11 is 0. The fraction of sp³-hybridized carbons (Fsp3) is 0.833. The van der Waals surface area contributed by atoms with Crippen LogP contribution in [0.4, 0.5) is 0 Å². The Morgan fingerprint density at radius 2 is 0.838 bits per heavy atom. The second-order valence-corrected chi connectivity index (χ2v) is 22.9. The predicted octanol–water partition coefficient (Wildman–Crippen LogP) is 12.1. The van der Waals surface area contributed by atoms with Crippen molar-refractivity contribution in [3.63, 3.8) is 0 Å². The minimum absolute atomic E-state index is 0.254. The topological polar surface area (TPSA) is 228 Å². The summed E-state index contributed by atoms with van der Waals surface area (Å²) in [5, 5.41) is 87.2. The first-order valence-electron chi connectivity index (χ1n) is 32.5. The van der Waals surface area contributed by atoms with Crippen LogP contribution in [0.3, 0.4) is 0 Å². The molecule has 0 bridgehead atoms. The Labute approximate surface area is 486 Å². The van der Waals surface area contributed by atoms with E-state index in [0.717, 1.165) is 51.4 Å². The molecule has 2 rings (SSSR count). The lowest BCUT2D eigenvalue weighted by molar-refractivity contribution is -0.359. The van der Waals surface area contributed by atoms with Crippen molar-refractivity contribution in [3.8, 4) is 0 Å². The number of carbonyl (C=O) groups is 1.